The Morgan fingerprint density at radius 1 is 1.53 bits per heavy atom. The van der Waals surface area contributed by atoms with Gasteiger partial charge in [0.2, 0.25) is 0 Å². The van der Waals surface area contributed by atoms with Gasteiger partial charge in [0.05, 0.1) is 6.10 Å². The molecule has 2 atom stereocenters. The van der Waals surface area contributed by atoms with Gasteiger partial charge in [-0.05, 0) is 44.6 Å². The largest absolute Gasteiger partial charge is 0.423 e. The summed E-state index contributed by atoms with van der Waals surface area (Å²) in [5.74, 6) is 0.225. The Bertz CT molecular complexity index is 278. The van der Waals surface area contributed by atoms with Crippen molar-refractivity contribution in [2.24, 2.45) is 11.7 Å². The molecule has 0 aromatic heterocycles. The lowest BCUT2D eigenvalue weighted by molar-refractivity contribution is -0.0413. The highest BCUT2D eigenvalue weighted by Gasteiger charge is 2.20. The summed E-state index contributed by atoms with van der Waals surface area (Å²) in [7, 11) is 1.64. The zero-order chi connectivity index (χ0) is 12.7. The van der Waals surface area contributed by atoms with Crippen molar-refractivity contribution in [3.63, 3.8) is 0 Å². The number of hydrogen-bond acceptors (Lipinski definition) is 4. The average Bonchev–Trinajstić information content (AvgIpc) is 2.27. The zero-order valence-corrected chi connectivity index (χ0v) is 10.9. The molecular formula is C12H23BN2O2. The number of nitrogens with two attached hydrogens (primary N) is 1. The van der Waals surface area contributed by atoms with E-state index in [1.807, 2.05) is 6.92 Å². The highest BCUT2D eigenvalue weighted by Crippen LogP contribution is 2.28. The molecule has 0 bridgehead atoms. The first kappa shape index (κ1) is 14.3. The van der Waals surface area contributed by atoms with Crippen LogP contribution in [0.1, 0.15) is 39.0 Å². The van der Waals surface area contributed by atoms with Gasteiger partial charge in [0.15, 0.2) is 0 Å². The Kier molecular flexibility index (Phi) is 6.30. The van der Waals surface area contributed by atoms with Gasteiger partial charge < -0.3 is 20.5 Å². The monoisotopic (exact) mass is 238 g/mol. The Balaban J connectivity index is 2.61. The van der Waals surface area contributed by atoms with Crippen molar-refractivity contribution in [3.05, 3.63) is 11.3 Å². The fourth-order valence-electron chi connectivity index (χ4n) is 2.39. The van der Waals surface area contributed by atoms with E-state index in [0.717, 1.165) is 37.8 Å². The fraction of sp³-hybridized carbons (Fsp3) is 0.750. The van der Waals surface area contributed by atoms with Crippen LogP contribution in [0.3, 0.4) is 0 Å². The van der Waals surface area contributed by atoms with Crippen molar-refractivity contribution < 1.29 is 9.39 Å². The molecular weight excluding hydrogens is 215 g/mol. The Hall–Kier alpha value is -0.805. The summed E-state index contributed by atoms with van der Waals surface area (Å²) in [6, 6.07) is 0. The van der Waals surface area contributed by atoms with Crippen LogP contribution >= 0.6 is 0 Å². The number of ether oxygens (including phenoxy) is 1. The third-order valence-corrected chi connectivity index (χ3v) is 3.35. The van der Waals surface area contributed by atoms with Gasteiger partial charge in [-0.2, -0.15) is 0 Å². The van der Waals surface area contributed by atoms with E-state index in [4.69, 9.17) is 20.5 Å². The molecule has 5 heteroatoms. The van der Waals surface area contributed by atoms with Crippen LogP contribution in [0.15, 0.2) is 11.3 Å². The molecule has 0 radical (unpaired) electrons. The lowest BCUT2D eigenvalue weighted by Gasteiger charge is -2.25. The molecule has 0 spiro atoms. The van der Waals surface area contributed by atoms with Gasteiger partial charge in [-0.15, -0.1) is 0 Å². The average molecular weight is 238 g/mol. The van der Waals surface area contributed by atoms with Gasteiger partial charge in [-0.1, -0.05) is 0 Å². The zero-order valence-electron chi connectivity index (χ0n) is 10.9. The van der Waals surface area contributed by atoms with Crippen LogP contribution in [0.25, 0.3) is 0 Å². The second kappa shape index (κ2) is 7.51. The maximum absolute atomic E-state index is 7.48. The molecule has 1 fully saturated rings. The summed E-state index contributed by atoms with van der Waals surface area (Å²) >= 11 is 0. The maximum Gasteiger partial charge on any atom is 0.260 e. The lowest BCUT2D eigenvalue weighted by atomic mass is 9.85. The molecule has 2 unspecified atom stereocenters. The van der Waals surface area contributed by atoms with Crippen molar-refractivity contribution in [2.45, 2.75) is 45.1 Å². The normalized spacial score (nSPS) is 29.2. The van der Waals surface area contributed by atoms with Crippen molar-refractivity contribution >= 4 is 14.3 Å². The van der Waals surface area contributed by atoms with Crippen LogP contribution in [0, 0.1) is 11.3 Å². The van der Waals surface area contributed by atoms with Crippen LogP contribution in [0.2, 0.25) is 0 Å². The first-order chi connectivity index (χ1) is 8.19. The Morgan fingerprint density at radius 2 is 2.29 bits per heavy atom. The van der Waals surface area contributed by atoms with Crippen molar-refractivity contribution in [1.82, 2.24) is 0 Å². The molecule has 3 N–H and O–H groups in total. The second-order valence-electron chi connectivity index (χ2n) is 4.65. The highest BCUT2D eigenvalue weighted by molar-refractivity contribution is 5.97. The van der Waals surface area contributed by atoms with Gasteiger partial charge in [-0.25, -0.2) is 0 Å². The van der Waals surface area contributed by atoms with Gasteiger partial charge in [0.25, 0.3) is 8.05 Å². The summed E-state index contributed by atoms with van der Waals surface area (Å²) in [4.78, 5) is 0. The van der Waals surface area contributed by atoms with Crippen LogP contribution in [-0.2, 0) is 9.39 Å². The van der Waals surface area contributed by atoms with Crippen LogP contribution in [0.5, 0.6) is 0 Å². The van der Waals surface area contributed by atoms with E-state index in [9.17, 15) is 0 Å². The summed E-state index contributed by atoms with van der Waals surface area (Å²) in [5, 5.41) is 7.48. The van der Waals surface area contributed by atoms with Crippen molar-refractivity contribution in [2.75, 3.05) is 6.79 Å². The molecule has 0 heterocycles. The fourth-order valence-corrected chi connectivity index (χ4v) is 2.39. The van der Waals surface area contributed by atoms with Crippen molar-refractivity contribution in [1.29, 1.82) is 5.41 Å². The maximum atomic E-state index is 7.48. The van der Waals surface area contributed by atoms with E-state index >= 15 is 0 Å². The molecule has 1 aliphatic carbocycles. The van der Waals surface area contributed by atoms with E-state index in [1.165, 1.54) is 11.8 Å². The predicted octanol–water partition coefficient (Wildman–Crippen LogP) is 1.36. The van der Waals surface area contributed by atoms with Crippen LogP contribution in [0.4, 0.5) is 0 Å². The Morgan fingerprint density at radius 3 is 2.88 bits per heavy atom. The van der Waals surface area contributed by atoms with E-state index in [-0.39, 0.29) is 12.0 Å². The van der Waals surface area contributed by atoms with Gasteiger partial charge in [0.1, 0.15) is 6.79 Å². The SMILES string of the molecule is BOCOC1CCCC(C=N)/C(=C(/C)N)CC1. The van der Waals surface area contributed by atoms with Crippen molar-refractivity contribution in [3.8, 4) is 0 Å². The summed E-state index contributed by atoms with van der Waals surface area (Å²) < 4.78 is 10.6. The summed E-state index contributed by atoms with van der Waals surface area (Å²) in [6.07, 6.45) is 6.81. The molecule has 96 valence electrons. The van der Waals surface area contributed by atoms with Gasteiger partial charge in [-0.3, -0.25) is 0 Å². The van der Waals surface area contributed by atoms with E-state index < -0.39 is 0 Å². The van der Waals surface area contributed by atoms with E-state index in [0.29, 0.717) is 6.79 Å². The smallest absolute Gasteiger partial charge is 0.260 e. The second-order valence-corrected chi connectivity index (χ2v) is 4.65. The highest BCUT2D eigenvalue weighted by atomic mass is 16.6. The third kappa shape index (κ3) is 4.52. The molecule has 1 saturated carbocycles. The predicted molar refractivity (Wildman–Crippen MR) is 71.6 cm³/mol. The van der Waals surface area contributed by atoms with Crippen LogP contribution in [-0.4, -0.2) is 27.2 Å². The molecule has 1 rings (SSSR count). The molecule has 0 saturated heterocycles. The minimum absolute atomic E-state index is 0.225. The topological polar surface area (TPSA) is 68.3 Å². The molecule has 17 heavy (non-hydrogen) atoms. The number of allylic oxidation sites excluding steroid dienone is 2. The third-order valence-electron chi connectivity index (χ3n) is 3.35. The van der Waals surface area contributed by atoms with E-state index in [1.54, 1.807) is 8.05 Å². The minimum atomic E-state index is 0.225. The molecule has 0 aromatic carbocycles. The number of nitrogens with one attached hydrogen (secondary N) is 1. The molecule has 0 aromatic rings. The first-order valence-electron chi connectivity index (χ1n) is 6.25. The Labute approximate surface area is 104 Å². The summed E-state index contributed by atoms with van der Waals surface area (Å²) in [6.45, 7) is 2.29. The summed E-state index contributed by atoms with van der Waals surface area (Å²) in [5.41, 5.74) is 7.99. The van der Waals surface area contributed by atoms with Gasteiger partial charge in [0, 0.05) is 17.8 Å². The minimum Gasteiger partial charge on any atom is -0.423 e. The number of rotatable bonds is 4. The van der Waals surface area contributed by atoms with E-state index in [2.05, 4.69) is 0 Å². The quantitative estimate of drug-likeness (QED) is 0.441. The van der Waals surface area contributed by atoms with Crippen LogP contribution < -0.4 is 5.73 Å². The molecule has 0 amide bonds. The lowest BCUT2D eigenvalue weighted by Crippen LogP contribution is -2.21. The standard InChI is InChI=1S/C12H23BN2O2/c1-9(15)12-6-5-11(16-8-17-13)4-2-3-10(12)7-14/h7,10-11,14H,2-6,8,13,15H2,1H3/b12-9-,14-7?. The first-order valence-corrected chi connectivity index (χ1v) is 6.25. The molecule has 1 aliphatic rings. The number of hydrogen-bond donors (Lipinski definition) is 2. The van der Waals surface area contributed by atoms with Gasteiger partial charge >= 0.3 is 0 Å². The molecule has 4 nitrogen and oxygen atoms in total. The molecule has 0 aliphatic heterocycles.